The molecule has 2 aromatic carbocycles. The fourth-order valence-corrected chi connectivity index (χ4v) is 2.88. The number of phenolic OH excluding ortho intramolecular Hbond substituents is 1. The predicted molar refractivity (Wildman–Crippen MR) is 104 cm³/mol. The molecule has 0 aliphatic rings. The fraction of sp³-hybridized carbons (Fsp3) is 0.250. The first-order valence-corrected chi connectivity index (χ1v) is 8.73. The Kier molecular flexibility index (Phi) is 5.55. The Bertz CT molecular complexity index is 886. The van der Waals surface area contributed by atoms with Gasteiger partial charge in [0.1, 0.15) is 11.4 Å². The highest BCUT2D eigenvalue weighted by Crippen LogP contribution is 2.26. The second kappa shape index (κ2) is 8.03. The van der Waals surface area contributed by atoms with Crippen LogP contribution in [-0.4, -0.2) is 35.1 Å². The molecule has 0 saturated carbocycles. The maximum absolute atomic E-state index is 12.3. The Morgan fingerprint density at radius 3 is 2.58 bits per heavy atom. The number of fused-ring (bicyclic) bond motifs is 1. The highest BCUT2D eigenvalue weighted by molar-refractivity contribution is 5.98. The number of aromatic nitrogens is 1. The van der Waals surface area contributed by atoms with Gasteiger partial charge in [-0.05, 0) is 54.8 Å². The van der Waals surface area contributed by atoms with Crippen LogP contribution in [0.1, 0.15) is 23.3 Å². The zero-order valence-electron chi connectivity index (χ0n) is 14.5. The average molecular weight is 352 g/mol. The van der Waals surface area contributed by atoms with E-state index in [2.05, 4.69) is 10.3 Å². The van der Waals surface area contributed by atoms with E-state index >= 15 is 0 Å². The van der Waals surface area contributed by atoms with Gasteiger partial charge in [-0.1, -0.05) is 24.3 Å². The number of hydrogen-bond acceptors (Lipinski definition) is 4. The summed E-state index contributed by atoms with van der Waals surface area (Å²) in [5.74, 6) is 0.0638. The summed E-state index contributed by atoms with van der Waals surface area (Å²) >= 11 is 0. The van der Waals surface area contributed by atoms with E-state index in [1.165, 1.54) is 0 Å². The van der Waals surface area contributed by atoms with Crippen LogP contribution in [0, 0.1) is 0 Å². The molecule has 1 atom stereocenters. The predicted octanol–water partition coefficient (Wildman–Crippen LogP) is 2.34. The Morgan fingerprint density at radius 1 is 1.12 bits per heavy atom. The van der Waals surface area contributed by atoms with Crippen molar-refractivity contribution in [2.45, 2.75) is 18.9 Å². The number of nitrogens with one attached hydrogen (secondary N) is 2. The lowest BCUT2D eigenvalue weighted by Gasteiger charge is -2.11. The molecule has 26 heavy (non-hydrogen) atoms. The molecule has 6 nitrogen and oxygen atoms in total. The summed E-state index contributed by atoms with van der Waals surface area (Å²) in [6.07, 6.45) is 1.64. The minimum Gasteiger partial charge on any atom is -0.508 e. The van der Waals surface area contributed by atoms with Crippen molar-refractivity contribution < 1.29 is 9.90 Å². The first kappa shape index (κ1) is 18.0. The van der Waals surface area contributed by atoms with E-state index in [0.29, 0.717) is 18.8 Å². The maximum atomic E-state index is 12.3. The summed E-state index contributed by atoms with van der Waals surface area (Å²) in [6, 6.07) is 14.7. The van der Waals surface area contributed by atoms with Crippen molar-refractivity contribution in [3.8, 4) is 16.9 Å². The molecule has 1 amide bonds. The quantitative estimate of drug-likeness (QED) is 0.448. The molecular weight excluding hydrogens is 328 g/mol. The molecule has 0 fully saturated rings. The number of aromatic hydroxyl groups is 1. The van der Waals surface area contributed by atoms with Crippen molar-refractivity contribution in [2.24, 2.45) is 11.5 Å². The number of aromatic amines is 1. The Labute approximate surface area is 152 Å². The monoisotopic (exact) mass is 352 g/mol. The van der Waals surface area contributed by atoms with E-state index in [0.717, 1.165) is 34.9 Å². The fourth-order valence-electron chi connectivity index (χ4n) is 2.88. The van der Waals surface area contributed by atoms with E-state index in [1.54, 1.807) is 12.1 Å². The molecular formula is C20H24N4O2. The second-order valence-electron chi connectivity index (χ2n) is 6.43. The van der Waals surface area contributed by atoms with Gasteiger partial charge in [-0.25, -0.2) is 0 Å². The summed E-state index contributed by atoms with van der Waals surface area (Å²) in [6.45, 7) is 1.03. The molecule has 3 rings (SSSR count). The number of phenols is 1. The standard InChI is InChI=1S/C20H24N4O2/c21-9-1-2-16(22)12-23-20(26)19-11-15-4-3-14(10-18(15)24-19)13-5-7-17(25)8-6-13/h3-8,10-11,16,24-25H,1-2,9,12,21-22H2,(H,23,26). The van der Waals surface area contributed by atoms with Gasteiger partial charge in [0.15, 0.2) is 0 Å². The van der Waals surface area contributed by atoms with Gasteiger partial charge in [0.2, 0.25) is 0 Å². The van der Waals surface area contributed by atoms with Gasteiger partial charge < -0.3 is 26.9 Å². The number of carbonyl (C=O) groups is 1. The molecule has 7 N–H and O–H groups in total. The molecule has 3 aromatic rings. The third-order valence-corrected chi connectivity index (χ3v) is 4.37. The van der Waals surface area contributed by atoms with E-state index in [1.807, 2.05) is 36.4 Å². The molecule has 1 heterocycles. The van der Waals surface area contributed by atoms with Gasteiger partial charge in [0, 0.05) is 23.5 Å². The third-order valence-electron chi connectivity index (χ3n) is 4.37. The first-order chi connectivity index (χ1) is 12.6. The van der Waals surface area contributed by atoms with Crippen molar-refractivity contribution in [2.75, 3.05) is 13.1 Å². The molecule has 0 aliphatic heterocycles. The summed E-state index contributed by atoms with van der Waals surface area (Å²) in [4.78, 5) is 15.5. The van der Waals surface area contributed by atoms with Crippen molar-refractivity contribution in [3.05, 3.63) is 54.2 Å². The minimum atomic E-state index is -0.171. The Hall–Kier alpha value is -2.83. The van der Waals surface area contributed by atoms with Gasteiger partial charge in [0.25, 0.3) is 5.91 Å². The maximum Gasteiger partial charge on any atom is 0.267 e. The lowest BCUT2D eigenvalue weighted by atomic mass is 10.0. The normalized spacial score (nSPS) is 12.2. The second-order valence-corrected chi connectivity index (χ2v) is 6.43. The van der Waals surface area contributed by atoms with Crippen molar-refractivity contribution in [1.82, 2.24) is 10.3 Å². The van der Waals surface area contributed by atoms with E-state index in [9.17, 15) is 9.90 Å². The molecule has 136 valence electrons. The Balaban J connectivity index is 1.72. The largest absolute Gasteiger partial charge is 0.508 e. The molecule has 6 heteroatoms. The summed E-state index contributed by atoms with van der Waals surface area (Å²) in [5.41, 5.74) is 14.8. The first-order valence-electron chi connectivity index (χ1n) is 8.73. The zero-order chi connectivity index (χ0) is 18.5. The Morgan fingerprint density at radius 2 is 1.85 bits per heavy atom. The van der Waals surface area contributed by atoms with Gasteiger partial charge in [-0.15, -0.1) is 0 Å². The van der Waals surface area contributed by atoms with Crippen molar-refractivity contribution >= 4 is 16.8 Å². The lowest BCUT2D eigenvalue weighted by Crippen LogP contribution is -2.37. The number of benzene rings is 2. The smallest absolute Gasteiger partial charge is 0.267 e. The van der Waals surface area contributed by atoms with Crippen LogP contribution in [0.15, 0.2) is 48.5 Å². The van der Waals surface area contributed by atoms with Gasteiger partial charge >= 0.3 is 0 Å². The van der Waals surface area contributed by atoms with Crippen LogP contribution in [0.5, 0.6) is 5.75 Å². The van der Waals surface area contributed by atoms with Crippen molar-refractivity contribution in [1.29, 1.82) is 0 Å². The molecule has 1 unspecified atom stereocenters. The summed E-state index contributed by atoms with van der Waals surface area (Å²) < 4.78 is 0. The van der Waals surface area contributed by atoms with Crippen LogP contribution >= 0.6 is 0 Å². The third kappa shape index (κ3) is 4.22. The molecule has 0 saturated heterocycles. The number of hydrogen-bond donors (Lipinski definition) is 5. The van der Waals surface area contributed by atoms with Crippen LogP contribution in [0.3, 0.4) is 0 Å². The molecule has 0 aliphatic carbocycles. The average Bonchev–Trinajstić information content (AvgIpc) is 3.08. The minimum absolute atomic E-state index is 0.0898. The number of nitrogens with two attached hydrogens (primary N) is 2. The van der Waals surface area contributed by atoms with Crippen LogP contribution in [0.25, 0.3) is 22.0 Å². The van der Waals surface area contributed by atoms with Crippen LogP contribution in [0.2, 0.25) is 0 Å². The van der Waals surface area contributed by atoms with E-state index < -0.39 is 0 Å². The van der Waals surface area contributed by atoms with Crippen LogP contribution < -0.4 is 16.8 Å². The number of carbonyl (C=O) groups excluding carboxylic acids is 1. The molecule has 0 spiro atoms. The van der Waals surface area contributed by atoms with E-state index in [-0.39, 0.29) is 17.7 Å². The number of amides is 1. The van der Waals surface area contributed by atoms with Gasteiger partial charge in [-0.2, -0.15) is 0 Å². The van der Waals surface area contributed by atoms with Crippen LogP contribution in [-0.2, 0) is 0 Å². The van der Waals surface area contributed by atoms with E-state index in [4.69, 9.17) is 11.5 Å². The number of H-pyrrole nitrogens is 1. The van der Waals surface area contributed by atoms with Gasteiger partial charge in [-0.3, -0.25) is 4.79 Å². The molecule has 1 aromatic heterocycles. The molecule has 0 bridgehead atoms. The molecule has 0 radical (unpaired) electrons. The van der Waals surface area contributed by atoms with Gasteiger partial charge in [0.05, 0.1) is 0 Å². The topological polar surface area (TPSA) is 117 Å². The summed E-state index contributed by atoms with van der Waals surface area (Å²) in [5, 5.41) is 13.2. The lowest BCUT2D eigenvalue weighted by molar-refractivity contribution is 0.0946. The summed E-state index contributed by atoms with van der Waals surface area (Å²) in [7, 11) is 0. The van der Waals surface area contributed by atoms with Crippen LogP contribution in [0.4, 0.5) is 0 Å². The highest BCUT2D eigenvalue weighted by Gasteiger charge is 2.11. The number of rotatable bonds is 7. The SMILES string of the molecule is NCCCC(N)CNC(=O)c1cc2ccc(-c3ccc(O)cc3)cc2[nH]1. The zero-order valence-corrected chi connectivity index (χ0v) is 14.5. The van der Waals surface area contributed by atoms with Crippen molar-refractivity contribution in [3.63, 3.8) is 0 Å². The highest BCUT2D eigenvalue weighted by atomic mass is 16.3.